The third kappa shape index (κ3) is 6.79. The summed E-state index contributed by atoms with van der Waals surface area (Å²) in [5.74, 6) is -0.178. The van der Waals surface area contributed by atoms with Crippen LogP contribution < -0.4 is 10.1 Å². The molecule has 0 spiro atoms. The number of pyridine rings is 1. The number of rotatable bonds is 4. The van der Waals surface area contributed by atoms with E-state index in [0.29, 0.717) is 35.8 Å². The number of fused-ring (bicyclic) bond motifs is 1. The maximum atomic E-state index is 13.3. The topological polar surface area (TPSA) is 101 Å². The van der Waals surface area contributed by atoms with Crippen LogP contribution in [0.4, 0.5) is 5.69 Å². The minimum atomic E-state index is -0.288. The van der Waals surface area contributed by atoms with E-state index in [9.17, 15) is 14.4 Å². The number of amides is 3. The van der Waals surface area contributed by atoms with Gasteiger partial charge in [0, 0.05) is 57.7 Å². The molecule has 3 atom stereocenters. The summed E-state index contributed by atoms with van der Waals surface area (Å²) in [7, 11) is 3.31. The Hall–Kier alpha value is -3.46. The lowest BCUT2D eigenvalue weighted by molar-refractivity contribution is -0.134. The van der Waals surface area contributed by atoms with Gasteiger partial charge < -0.3 is 24.6 Å². The Bertz CT molecular complexity index is 1050. The Labute approximate surface area is 206 Å². The van der Waals surface area contributed by atoms with Gasteiger partial charge in [-0.25, -0.2) is 0 Å². The van der Waals surface area contributed by atoms with Crippen LogP contribution >= 0.6 is 0 Å². The molecule has 0 aliphatic carbocycles. The first-order valence-corrected chi connectivity index (χ1v) is 11.7. The molecule has 9 nitrogen and oxygen atoms in total. The summed E-state index contributed by atoms with van der Waals surface area (Å²) < 4.78 is 11.8. The molecule has 0 fully saturated rings. The van der Waals surface area contributed by atoms with E-state index < -0.39 is 0 Å². The molecular weight excluding hydrogens is 448 g/mol. The van der Waals surface area contributed by atoms with E-state index in [0.717, 1.165) is 0 Å². The van der Waals surface area contributed by atoms with Crippen LogP contribution in [0.1, 0.15) is 36.8 Å². The molecule has 9 heteroatoms. The average Bonchev–Trinajstić information content (AvgIpc) is 2.83. The zero-order valence-electron chi connectivity index (χ0n) is 21.0. The molecule has 2 heterocycles. The molecule has 1 aliphatic rings. The second-order valence-corrected chi connectivity index (χ2v) is 9.03. The lowest BCUT2D eigenvalue weighted by Gasteiger charge is -2.36. The monoisotopic (exact) mass is 482 g/mol. The highest BCUT2D eigenvalue weighted by atomic mass is 16.5. The van der Waals surface area contributed by atoms with Gasteiger partial charge in [0.25, 0.3) is 5.91 Å². The molecule has 1 aromatic heterocycles. The maximum absolute atomic E-state index is 13.3. The van der Waals surface area contributed by atoms with Crippen molar-refractivity contribution in [1.82, 2.24) is 14.8 Å². The summed E-state index contributed by atoms with van der Waals surface area (Å²) in [6, 6.07) is 10.2. The fraction of sp³-hybridized carbons (Fsp3) is 0.462. The van der Waals surface area contributed by atoms with Crippen molar-refractivity contribution in [3.63, 3.8) is 0 Å². The lowest BCUT2D eigenvalue weighted by Crippen LogP contribution is -2.49. The van der Waals surface area contributed by atoms with Gasteiger partial charge >= 0.3 is 0 Å². The quantitative estimate of drug-likeness (QED) is 0.719. The summed E-state index contributed by atoms with van der Waals surface area (Å²) in [5.41, 5.74) is 1.54. The third-order valence-electron chi connectivity index (χ3n) is 6.14. The highest BCUT2D eigenvalue weighted by Gasteiger charge is 2.30. The van der Waals surface area contributed by atoms with Crippen LogP contribution in [0.25, 0.3) is 0 Å². The summed E-state index contributed by atoms with van der Waals surface area (Å²) in [4.78, 5) is 45.9. The molecule has 35 heavy (non-hydrogen) atoms. The molecule has 0 radical (unpaired) electrons. The molecule has 0 saturated heterocycles. The van der Waals surface area contributed by atoms with Crippen LogP contribution in [0.15, 0.2) is 42.6 Å². The highest BCUT2D eigenvalue weighted by Crippen LogP contribution is 2.26. The minimum Gasteiger partial charge on any atom is -0.491 e. The van der Waals surface area contributed by atoms with Crippen molar-refractivity contribution in [3.8, 4) is 5.75 Å². The Morgan fingerprint density at radius 2 is 1.97 bits per heavy atom. The second-order valence-electron chi connectivity index (χ2n) is 9.03. The zero-order chi connectivity index (χ0) is 25.5. The third-order valence-corrected chi connectivity index (χ3v) is 6.14. The van der Waals surface area contributed by atoms with E-state index in [1.54, 1.807) is 48.4 Å². The summed E-state index contributed by atoms with van der Waals surface area (Å²) in [6.07, 6.45) is 1.57. The number of hydrogen-bond acceptors (Lipinski definition) is 6. The fourth-order valence-electron chi connectivity index (χ4n) is 4.16. The molecule has 1 aromatic carbocycles. The molecule has 3 amide bonds. The van der Waals surface area contributed by atoms with E-state index in [-0.39, 0.29) is 48.8 Å². The maximum Gasteiger partial charge on any atom is 0.257 e. The summed E-state index contributed by atoms with van der Waals surface area (Å²) in [6.45, 7) is 6.32. The number of carbonyl (C=O) groups is 3. The number of nitrogens with zero attached hydrogens (tertiary/aromatic N) is 3. The van der Waals surface area contributed by atoms with Crippen LogP contribution in [0.3, 0.4) is 0 Å². The van der Waals surface area contributed by atoms with Crippen molar-refractivity contribution in [2.24, 2.45) is 5.92 Å². The summed E-state index contributed by atoms with van der Waals surface area (Å²) >= 11 is 0. The van der Waals surface area contributed by atoms with Gasteiger partial charge in [-0.05, 0) is 37.3 Å². The molecule has 0 bridgehead atoms. The molecule has 0 unspecified atom stereocenters. The average molecular weight is 483 g/mol. The van der Waals surface area contributed by atoms with Crippen molar-refractivity contribution < 1.29 is 23.9 Å². The van der Waals surface area contributed by atoms with Crippen LogP contribution in [0.5, 0.6) is 5.75 Å². The molecule has 1 aliphatic heterocycles. The summed E-state index contributed by atoms with van der Waals surface area (Å²) in [5, 5.41) is 2.71. The molecular formula is C26H34N4O5. The number of aromatic nitrogens is 1. The molecule has 188 valence electrons. The number of hydrogen-bond donors (Lipinski definition) is 1. The molecule has 0 saturated carbocycles. The highest BCUT2D eigenvalue weighted by molar-refractivity contribution is 5.99. The van der Waals surface area contributed by atoms with Crippen LogP contribution in [-0.2, 0) is 20.7 Å². The predicted octanol–water partition coefficient (Wildman–Crippen LogP) is 2.62. The number of methoxy groups -OCH3 is 1. The van der Waals surface area contributed by atoms with E-state index in [1.165, 1.54) is 6.92 Å². The molecule has 3 rings (SSSR count). The van der Waals surface area contributed by atoms with Gasteiger partial charge in [0.1, 0.15) is 12.4 Å². The van der Waals surface area contributed by atoms with Crippen LogP contribution in [-0.4, -0.2) is 78.5 Å². The normalized spacial score (nSPS) is 21.3. The van der Waals surface area contributed by atoms with E-state index in [1.807, 2.05) is 32.0 Å². The van der Waals surface area contributed by atoms with Gasteiger partial charge in [-0.3, -0.25) is 19.4 Å². The molecule has 1 N–H and O–H groups in total. The first kappa shape index (κ1) is 26.2. The Morgan fingerprint density at radius 1 is 1.20 bits per heavy atom. The van der Waals surface area contributed by atoms with Crippen molar-refractivity contribution in [2.75, 3.05) is 39.2 Å². The minimum absolute atomic E-state index is 0.0463. The van der Waals surface area contributed by atoms with Gasteiger partial charge in [-0.1, -0.05) is 13.0 Å². The number of carbonyl (C=O) groups excluding carboxylic acids is 3. The van der Waals surface area contributed by atoms with Crippen LogP contribution in [0.2, 0.25) is 0 Å². The Morgan fingerprint density at radius 3 is 2.63 bits per heavy atom. The SMILES string of the molecule is CO[C@H]1CN(C)C(=O)c2cc(NC(C)=O)ccc2OC[C@@H](C)N(C(=O)Cc2ccccn2)C[C@@H]1C. The Balaban J connectivity index is 1.94. The Kier molecular flexibility index (Phi) is 8.81. The number of ether oxygens (including phenoxy) is 2. The lowest BCUT2D eigenvalue weighted by atomic mass is 10.0. The second kappa shape index (κ2) is 11.8. The molecule has 2 aromatic rings. The first-order chi connectivity index (χ1) is 16.7. The van der Waals surface area contributed by atoms with E-state index in [2.05, 4.69) is 10.3 Å². The van der Waals surface area contributed by atoms with Gasteiger partial charge in [-0.15, -0.1) is 0 Å². The number of likely N-dealkylation sites (N-methyl/N-ethyl adjacent to an activating group) is 1. The van der Waals surface area contributed by atoms with Crippen molar-refractivity contribution in [2.45, 2.75) is 39.3 Å². The van der Waals surface area contributed by atoms with Gasteiger partial charge in [0.2, 0.25) is 11.8 Å². The smallest absolute Gasteiger partial charge is 0.257 e. The van der Waals surface area contributed by atoms with Crippen LogP contribution in [0, 0.1) is 5.92 Å². The standard InChI is InChI=1S/C26H34N4O5/c1-17-14-30(25(32)13-20-8-6-7-11-27-20)18(2)16-35-23-10-9-21(28-19(3)31)12-22(23)26(33)29(4)15-24(17)34-5/h6-12,17-18,24H,13-16H2,1-5H3,(H,28,31)/t17-,18+,24-/m0/s1. The zero-order valence-corrected chi connectivity index (χ0v) is 21.0. The van der Waals surface area contributed by atoms with Gasteiger partial charge in [0.15, 0.2) is 0 Å². The van der Waals surface area contributed by atoms with Gasteiger partial charge in [0.05, 0.1) is 24.1 Å². The van der Waals surface area contributed by atoms with Crippen molar-refractivity contribution in [1.29, 1.82) is 0 Å². The largest absolute Gasteiger partial charge is 0.491 e. The predicted molar refractivity (Wildman–Crippen MR) is 132 cm³/mol. The fourth-order valence-corrected chi connectivity index (χ4v) is 4.16. The van der Waals surface area contributed by atoms with Crippen molar-refractivity contribution >= 4 is 23.4 Å². The number of anilines is 1. The van der Waals surface area contributed by atoms with E-state index in [4.69, 9.17) is 9.47 Å². The van der Waals surface area contributed by atoms with Crippen molar-refractivity contribution in [3.05, 3.63) is 53.9 Å². The van der Waals surface area contributed by atoms with Gasteiger partial charge in [-0.2, -0.15) is 0 Å². The van der Waals surface area contributed by atoms with E-state index >= 15 is 0 Å². The number of benzene rings is 1. The number of nitrogens with one attached hydrogen (secondary N) is 1. The first-order valence-electron chi connectivity index (χ1n) is 11.7.